The Balaban J connectivity index is 2.83. The number of hydrogen-bond acceptors (Lipinski definition) is 5. The van der Waals surface area contributed by atoms with Gasteiger partial charge < -0.3 is 10.0 Å². The van der Waals surface area contributed by atoms with Crippen LogP contribution in [0.2, 0.25) is 0 Å². The average Bonchev–Trinajstić information content (AvgIpc) is 2.27. The van der Waals surface area contributed by atoms with E-state index < -0.39 is 10.9 Å². The van der Waals surface area contributed by atoms with Crippen molar-refractivity contribution in [3.05, 3.63) is 27.9 Å². The highest BCUT2D eigenvalue weighted by Crippen LogP contribution is 2.25. The molecule has 7 nitrogen and oxygen atoms in total. The van der Waals surface area contributed by atoms with Gasteiger partial charge in [0.2, 0.25) is 5.82 Å². The highest BCUT2D eigenvalue weighted by molar-refractivity contribution is 5.66. The Hall–Kier alpha value is -2.18. The molecular weight excluding hydrogens is 238 g/mol. The fraction of sp³-hybridized carbons (Fsp3) is 0.455. The second kappa shape index (κ2) is 5.95. The number of nitro groups is 1. The van der Waals surface area contributed by atoms with Crippen molar-refractivity contribution in [1.29, 1.82) is 0 Å². The van der Waals surface area contributed by atoms with Gasteiger partial charge in [-0.2, -0.15) is 0 Å². The Bertz CT molecular complexity index is 462. The van der Waals surface area contributed by atoms with Crippen molar-refractivity contribution in [2.24, 2.45) is 0 Å². The van der Waals surface area contributed by atoms with Crippen LogP contribution in [0.3, 0.4) is 0 Å². The summed E-state index contributed by atoms with van der Waals surface area (Å²) in [5, 5.41) is 19.4. The predicted octanol–water partition coefficient (Wildman–Crippen LogP) is 1.60. The van der Waals surface area contributed by atoms with Gasteiger partial charge in [0.15, 0.2) is 0 Å². The van der Waals surface area contributed by atoms with Crippen LogP contribution in [0.5, 0.6) is 0 Å². The van der Waals surface area contributed by atoms with Crippen molar-refractivity contribution < 1.29 is 14.8 Å². The number of anilines is 1. The van der Waals surface area contributed by atoms with Gasteiger partial charge in [-0.1, -0.05) is 0 Å². The number of aliphatic carboxylic acids is 1. The van der Waals surface area contributed by atoms with E-state index in [4.69, 9.17) is 5.11 Å². The third-order valence-electron chi connectivity index (χ3n) is 2.44. The lowest BCUT2D eigenvalue weighted by Gasteiger charge is -2.17. The molecule has 0 bridgehead atoms. The van der Waals surface area contributed by atoms with Crippen molar-refractivity contribution in [2.45, 2.75) is 19.8 Å². The summed E-state index contributed by atoms with van der Waals surface area (Å²) >= 11 is 0. The number of carboxylic acid groups (broad SMARTS) is 1. The topological polar surface area (TPSA) is 96.6 Å². The molecule has 1 heterocycles. The molecule has 1 N–H and O–H groups in total. The molecule has 0 amide bonds. The summed E-state index contributed by atoms with van der Waals surface area (Å²) in [6, 6.07) is 2.98. The van der Waals surface area contributed by atoms with Gasteiger partial charge in [-0.25, -0.2) is 4.98 Å². The molecule has 0 saturated carbocycles. The van der Waals surface area contributed by atoms with Crippen LogP contribution >= 0.6 is 0 Å². The van der Waals surface area contributed by atoms with E-state index in [1.165, 1.54) is 6.07 Å². The van der Waals surface area contributed by atoms with E-state index in [2.05, 4.69) is 4.98 Å². The molecule has 7 heteroatoms. The van der Waals surface area contributed by atoms with E-state index in [0.717, 1.165) is 0 Å². The van der Waals surface area contributed by atoms with Gasteiger partial charge in [-0.15, -0.1) is 0 Å². The third kappa shape index (κ3) is 3.69. The lowest BCUT2D eigenvalue weighted by Crippen LogP contribution is -2.21. The Kier molecular flexibility index (Phi) is 4.59. The number of rotatable bonds is 6. The Labute approximate surface area is 104 Å². The Morgan fingerprint density at radius 3 is 2.78 bits per heavy atom. The lowest BCUT2D eigenvalue weighted by atomic mass is 10.2. The van der Waals surface area contributed by atoms with Crippen LogP contribution in [0, 0.1) is 17.0 Å². The number of carboxylic acids is 1. The maximum Gasteiger partial charge on any atom is 0.311 e. The first-order valence-corrected chi connectivity index (χ1v) is 5.46. The minimum Gasteiger partial charge on any atom is -0.481 e. The molecule has 0 aliphatic heterocycles. The number of hydrogen-bond donors (Lipinski definition) is 1. The summed E-state index contributed by atoms with van der Waals surface area (Å²) in [6.07, 6.45) is 0.447. The average molecular weight is 253 g/mol. The van der Waals surface area contributed by atoms with Crippen LogP contribution in [0.15, 0.2) is 12.1 Å². The van der Waals surface area contributed by atoms with E-state index in [0.29, 0.717) is 18.7 Å². The third-order valence-corrected chi connectivity index (χ3v) is 2.44. The van der Waals surface area contributed by atoms with E-state index in [-0.39, 0.29) is 17.9 Å². The predicted molar refractivity (Wildman–Crippen MR) is 65.8 cm³/mol. The fourth-order valence-electron chi connectivity index (χ4n) is 1.53. The Morgan fingerprint density at radius 2 is 2.22 bits per heavy atom. The molecule has 1 aromatic rings. The number of aryl methyl sites for hydroxylation is 1. The Morgan fingerprint density at radius 1 is 1.56 bits per heavy atom. The van der Waals surface area contributed by atoms with E-state index >= 15 is 0 Å². The summed E-state index contributed by atoms with van der Waals surface area (Å²) in [6.45, 7) is 2.15. The van der Waals surface area contributed by atoms with Crippen molar-refractivity contribution in [2.75, 3.05) is 18.5 Å². The molecule has 0 aliphatic carbocycles. The van der Waals surface area contributed by atoms with Gasteiger partial charge in [-0.3, -0.25) is 14.9 Å². The highest BCUT2D eigenvalue weighted by Gasteiger charge is 2.18. The zero-order valence-electron chi connectivity index (χ0n) is 10.3. The van der Waals surface area contributed by atoms with Gasteiger partial charge in [0, 0.05) is 31.8 Å². The zero-order valence-corrected chi connectivity index (χ0v) is 10.3. The number of pyridine rings is 1. The van der Waals surface area contributed by atoms with Crippen molar-refractivity contribution >= 4 is 17.5 Å². The molecule has 0 radical (unpaired) electrons. The second-order valence-corrected chi connectivity index (χ2v) is 3.97. The smallest absolute Gasteiger partial charge is 0.311 e. The number of carbonyl (C=O) groups is 1. The van der Waals surface area contributed by atoms with E-state index in [9.17, 15) is 14.9 Å². The molecule has 98 valence electrons. The summed E-state index contributed by atoms with van der Waals surface area (Å²) < 4.78 is 0. The van der Waals surface area contributed by atoms with Crippen molar-refractivity contribution in [1.82, 2.24) is 4.98 Å². The first-order valence-electron chi connectivity index (χ1n) is 5.46. The molecular formula is C11H15N3O4. The molecule has 0 unspecified atom stereocenters. The minimum absolute atomic E-state index is 0.0317. The van der Waals surface area contributed by atoms with Crippen LogP contribution < -0.4 is 4.90 Å². The largest absolute Gasteiger partial charge is 0.481 e. The van der Waals surface area contributed by atoms with Crippen LogP contribution in [0.25, 0.3) is 0 Å². The van der Waals surface area contributed by atoms with Crippen LogP contribution in [0.1, 0.15) is 18.5 Å². The van der Waals surface area contributed by atoms with Gasteiger partial charge in [-0.05, 0) is 19.4 Å². The van der Waals surface area contributed by atoms with Gasteiger partial charge >= 0.3 is 11.7 Å². The number of aromatic nitrogens is 1. The van der Waals surface area contributed by atoms with Crippen LogP contribution in [-0.4, -0.2) is 34.6 Å². The van der Waals surface area contributed by atoms with E-state index in [1.54, 1.807) is 24.9 Å². The summed E-state index contributed by atoms with van der Waals surface area (Å²) in [4.78, 5) is 26.5. The van der Waals surface area contributed by atoms with Crippen LogP contribution in [0.4, 0.5) is 11.5 Å². The van der Waals surface area contributed by atoms with Gasteiger partial charge in [0.25, 0.3) is 0 Å². The second-order valence-electron chi connectivity index (χ2n) is 3.97. The molecule has 1 rings (SSSR count). The van der Waals surface area contributed by atoms with Crippen molar-refractivity contribution in [3.8, 4) is 0 Å². The maximum atomic E-state index is 10.9. The summed E-state index contributed by atoms with van der Waals surface area (Å²) in [5.41, 5.74) is 0.610. The molecule has 0 atom stereocenters. The first-order chi connectivity index (χ1) is 8.41. The number of nitrogens with zero attached hydrogens (tertiary/aromatic N) is 3. The minimum atomic E-state index is -0.880. The SMILES string of the molecule is Cc1ccc([N+](=O)[O-])c(N(C)CCCC(=O)O)n1. The molecule has 0 fully saturated rings. The van der Waals surface area contributed by atoms with E-state index in [1.807, 2.05) is 0 Å². The fourth-order valence-corrected chi connectivity index (χ4v) is 1.53. The highest BCUT2D eigenvalue weighted by atomic mass is 16.6. The monoisotopic (exact) mass is 253 g/mol. The molecule has 0 saturated heterocycles. The molecule has 18 heavy (non-hydrogen) atoms. The first kappa shape index (κ1) is 13.9. The molecule has 0 aliphatic rings. The normalized spacial score (nSPS) is 10.1. The maximum absolute atomic E-state index is 10.9. The molecule has 0 aromatic carbocycles. The molecule has 0 spiro atoms. The lowest BCUT2D eigenvalue weighted by molar-refractivity contribution is -0.384. The molecule has 1 aromatic heterocycles. The van der Waals surface area contributed by atoms with Gasteiger partial charge in [0.05, 0.1) is 4.92 Å². The van der Waals surface area contributed by atoms with Crippen LogP contribution in [-0.2, 0) is 4.79 Å². The zero-order chi connectivity index (χ0) is 13.7. The summed E-state index contributed by atoms with van der Waals surface area (Å²) in [7, 11) is 1.66. The standard InChI is InChI=1S/C11H15N3O4/c1-8-5-6-9(14(17)18)11(12-8)13(2)7-3-4-10(15)16/h5-6H,3-4,7H2,1-2H3,(H,15,16). The summed E-state index contributed by atoms with van der Waals surface area (Å²) in [5.74, 6) is -0.611. The quantitative estimate of drug-likeness (QED) is 0.611. The van der Waals surface area contributed by atoms with Crippen molar-refractivity contribution in [3.63, 3.8) is 0 Å². The van der Waals surface area contributed by atoms with Gasteiger partial charge in [0.1, 0.15) is 0 Å².